The summed E-state index contributed by atoms with van der Waals surface area (Å²) < 4.78 is 1.11. The van der Waals surface area contributed by atoms with Crippen molar-refractivity contribution in [3.63, 3.8) is 0 Å². The van der Waals surface area contributed by atoms with Gasteiger partial charge in [-0.3, -0.25) is 0 Å². The highest BCUT2D eigenvalue weighted by atomic mass is 79.9. The predicted molar refractivity (Wildman–Crippen MR) is 78.5 cm³/mol. The van der Waals surface area contributed by atoms with E-state index in [2.05, 4.69) is 35.1 Å². The molecule has 1 aromatic rings. The van der Waals surface area contributed by atoms with E-state index in [4.69, 9.17) is 11.6 Å². The first kappa shape index (κ1) is 14.4. The molecule has 0 radical (unpaired) electrons. The fourth-order valence-electron chi connectivity index (χ4n) is 1.32. The summed E-state index contributed by atoms with van der Waals surface area (Å²) in [6.45, 7) is 5.25. The zero-order valence-electron chi connectivity index (χ0n) is 9.59. The standard InChI is InChI=1S/C12H17BrClNS/c1-3-16-8-9(2)15-7-10-6-11(14)4-5-12(10)13/h4-6,9,15H,3,7-8H2,1-2H3. The molecule has 1 atom stereocenters. The summed E-state index contributed by atoms with van der Waals surface area (Å²) in [7, 11) is 0. The lowest BCUT2D eigenvalue weighted by Gasteiger charge is -2.14. The van der Waals surface area contributed by atoms with Crippen LogP contribution in [0.1, 0.15) is 19.4 Å². The van der Waals surface area contributed by atoms with Gasteiger partial charge in [0.15, 0.2) is 0 Å². The quantitative estimate of drug-likeness (QED) is 0.836. The Morgan fingerprint density at radius 3 is 2.94 bits per heavy atom. The fourth-order valence-corrected chi connectivity index (χ4v) is 2.61. The second-order valence-electron chi connectivity index (χ2n) is 3.68. The number of hydrogen-bond donors (Lipinski definition) is 1. The molecule has 0 spiro atoms. The molecule has 1 unspecified atom stereocenters. The van der Waals surface area contributed by atoms with Gasteiger partial charge >= 0.3 is 0 Å². The lowest BCUT2D eigenvalue weighted by molar-refractivity contribution is 0.595. The zero-order valence-corrected chi connectivity index (χ0v) is 12.8. The topological polar surface area (TPSA) is 12.0 Å². The highest BCUT2D eigenvalue weighted by Crippen LogP contribution is 2.21. The van der Waals surface area contributed by atoms with E-state index in [1.54, 1.807) is 0 Å². The van der Waals surface area contributed by atoms with Gasteiger partial charge in [-0.15, -0.1) is 0 Å². The van der Waals surface area contributed by atoms with E-state index in [-0.39, 0.29) is 0 Å². The molecule has 0 bridgehead atoms. The molecule has 4 heteroatoms. The Kier molecular flexibility index (Phi) is 6.81. The van der Waals surface area contributed by atoms with E-state index in [0.717, 1.165) is 21.8 Å². The van der Waals surface area contributed by atoms with Crippen molar-refractivity contribution in [1.29, 1.82) is 0 Å². The van der Waals surface area contributed by atoms with Crippen LogP contribution in [-0.4, -0.2) is 17.5 Å². The molecule has 0 aliphatic carbocycles. The first-order chi connectivity index (χ1) is 7.63. The van der Waals surface area contributed by atoms with Gasteiger partial charge in [0.25, 0.3) is 0 Å². The molecule has 1 nitrogen and oxygen atoms in total. The third kappa shape index (κ3) is 5.09. The Bertz CT molecular complexity index is 333. The van der Waals surface area contributed by atoms with Crippen molar-refractivity contribution in [3.8, 4) is 0 Å². The van der Waals surface area contributed by atoms with Gasteiger partial charge in [-0.25, -0.2) is 0 Å². The number of nitrogens with one attached hydrogen (secondary N) is 1. The highest BCUT2D eigenvalue weighted by molar-refractivity contribution is 9.10. The lowest BCUT2D eigenvalue weighted by Crippen LogP contribution is -2.27. The Hall–Kier alpha value is 0.300. The lowest BCUT2D eigenvalue weighted by atomic mass is 10.2. The molecule has 16 heavy (non-hydrogen) atoms. The smallest absolute Gasteiger partial charge is 0.0410 e. The summed E-state index contributed by atoms with van der Waals surface area (Å²) in [4.78, 5) is 0. The highest BCUT2D eigenvalue weighted by Gasteiger charge is 2.04. The Morgan fingerprint density at radius 2 is 2.25 bits per heavy atom. The van der Waals surface area contributed by atoms with Gasteiger partial charge in [0.2, 0.25) is 0 Å². The molecule has 0 aromatic heterocycles. The van der Waals surface area contributed by atoms with Gasteiger partial charge < -0.3 is 5.32 Å². The van der Waals surface area contributed by atoms with Gasteiger partial charge in [0.1, 0.15) is 0 Å². The number of benzene rings is 1. The maximum absolute atomic E-state index is 5.96. The third-order valence-electron chi connectivity index (χ3n) is 2.22. The van der Waals surface area contributed by atoms with Crippen molar-refractivity contribution in [2.45, 2.75) is 26.4 Å². The summed E-state index contributed by atoms with van der Waals surface area (Å²) in [5.41, 5.74) is 1.21. The first-order valence-electron chi connectivity index (χ1n) is 5.38. The number of rotatable bonds is 6. The normalized spacial score (nSPS) is 12.8. The number of thioether (sulfide) groups is 1. The van der Waals surface area contributed by atoms with Crippen LogP contribution in [0.25, 0.3) is 0 Å². The van der Waals surface area contributed by atoms with Crippen LogP contribution >= 0.6 is 39.3 Å². The minimum atomic E-state index is 0.524. The largest absolute Gasteiger partial charge is 0.309 e. The molecule has 90 valence electrons. The minimum absolute atomic E-state index is 0.524. The Balaban J connectivity index is 2.44. The Morgan fingerprint density at radius 1 is 1.50 bits per heavy atom. The van der Waals surface area contributed by atoms with Crippen LogP contribution in [0.2, 0.25) is 5.02 Å². The molecule has 1 rings (SSSR count). The summed E-state index contributed by atoms with van der Waals surface area (Å²) in [6.07, 6.45) is 0. The van der Waals surface area contributed by atoms with Crippen molar-refractivity contribution in [2.24, 2.45) is 0 Å². The summed E-state index contributed by atoms with van der Waals surface area (Å²) >= 11 is 11.5. The molecule has 0 amide bonds. The van der Waals surface area contributed by atoms with Gasteiger partial charge in [-0.2, -0.15) is 11.8 Å². The third-order valence-corrected chi connectivity index (χ3v) is 4.37. The van der Waals surface area contributed by atoms with E-state index in [9.17, 15) is 0 Å². The van der Waals surface area contributed by atoms with Gasteiger partial charge in [0, 0.05) is 27.8 Å². The summed E-state index contributed by atoms with van der Waals surface area (Å²) in [5, 5.41) is 4.28. The maximum Gasteiger partial charge on any atom is 0.0410 e. The first-order valence-corrected chi connectivity index (χ1v) is 7.71. The van der Waals surface area contributed by atoms with Crippen LogP contribution in [0.5, 0.6) is 0 Å². The molecule has 0 saturated carbocycles. The van der Waals surface area contributed by atoms with Crippen LogP contribution in [-0.2, 0) is 6.54 Å². The molecular weight excluding hydrogens is 306 g/mol. The number of hydrogen-bond acceptors (Lipinski definition) is 2. The maximum atomic E-state index is 5.96. The molecular formula is C12H17BrClNS. The van der Waals surface area contributed by atoms with Crippen molar-refractivity contribution >= 4 is 39.3 Å². The monoisotopic (exact) mass is 321 g/mol. The van der Waals surface area contributed by atoms with E-state index in [0.29, 0.717) is 6.04 Å². The predicted octanol–water partition coefficient (Wildman–Crippen LogP) is 4.33. The van der Waals surface area contributed by atoms with Crippen LogP contribution in [0, 0.1) is 0 Å². The van der Waals surface area contributed by atoms with Crippen LogP contribution in [0.4, 0.5) is 0 Å². The molecule has 0 saturated heterocycles. The van der Waals surface area contributed by atoms with Crippen LogP contribution < -0.4 is 5.32 Å². The average Bonchev–Trinajstić information content (AvgIpc) is 2.27. The second-order valence-corrected chi connectivity index (χ2v) is 6.29. The van der Waals surface area contributed by atoms with Gasteiger partial charge in [0.05, 0.1) is 0 Å². The summed E-state index contributed by atoms with van der Waals surface area (Å²) in [5.74, 6) is 2.32. The molecule has 1 aromatic carbocycles. The molecule has 0 heterocycles. The van der Waals surface area contributed by atoms with Crippen molar-refractivity contribution in [2.75, 3.05) is 11.5 Å². The fraction of sp³-hybridized carbons (Fsp3) is 0.500. The zero-order chi connectivity index (χ0) is 12.0. The Labute approximate surface area is 115 Å². The number of halogens is 2. The van der Waals surface area contributed by atoms with E-state index in [1.165, 1.54) is 11.3 Å². The SMILES string of the molecule is CCSCC(C)NCc1cc(Cl)ccc1Br. The van der Waals surface area contributed by atoms with E-state index < -0.39 is 0 Å². The van der Waals surface area contributed by atoms with Gasteiger partial charge in [-0.1, -0.05) is 34.5 Å². The minimum Gasteiger partial charge on any atom is -0.309 e. The van der Waals surface area contributed by atoms with E-state index in [1.807, 2.05) is 30.0 Å². The van der Waals surface area contributed by atoms with Crippen LogP contribution in [0.3, 0.4) is 0 Å². The van der Waals surface area contributed by atoms with Crippen molar-refractivity contribution in [3.05, 3.63) is 33.3 Å². The molecule has 1 N–H and O–H groups in total. The van der Waals surface area contributed by atoms with Crippen LogP contribution in [0.15, 0.2) is 22.7 Å². The molecule has 0 aliphatic heterocycles. The molecule has 0 aliphatic rings. The molecule has 0 fully saturated rings. The van der Waals surface area contributed by atoms with Crippen molar-refractivity contribution in [1.82, 2.24) is 5.32 Å². The van der Waals surface area contributed by atoms with Crippen molar-refractivity contribution < 1.29 is 0 Å². The second kappa shape index (κ2) is 7.59. The summed E-state index contributed by atoms with van der Waals surface area (Å²) in [6, 6.07) is 6.41. The average molecular weight is 323 g/mol. The van der Waals surface area contributed by atoms with E-state index >= 15 is 0 Å². The van der Waals surface area contributed by atoms with Gasteiger partial charge in [-0.05, 0) is 36.4 Å².